The highest BCUT2D eigenvalue weighted by molar-refractivity contribution is 7.90. The third-order valence-corrected chi connectivity index (χ3v) is 6.60. The molecule has 0 bridgehead atoms. The zero-order valence-corrected chi connectivity index (χ0v) is 18.9. The average molecular weight is 489 g/mol. The summed E-state index contributed by atoms with van der Waals surface area (Å²) in [5.74, 6) is -3.23. The molecule has 0 saturated heterocycles. The molecule has 2 aromatic rings. The number of pyridine rings is 1. The first kappa shape index (κ1) is 24.8. The van der Waals surface area contributed by atoms with E-state index in [-0.39, 0.29) is 28.1 Å². The molecule has 180 valence electrons. The lowest BCUT2D eigenvalue weighted by molar-refractivity contribution is -0.135. The summed E-state index contributed by atoms with van der Waals surface area (Å²) in [5, 5.41) is 13.6. The number of carbonyl (C=O) groups excluding carboxylic acids is 3. The van der Waals surface area contributed by atoms with Gasteiger partial charge in [-0.15, -0.1) is 0 Å². The van der Waals surface area contributed by atoms with E-state index in [1.165, 1.54) is 36.4 Å². The van der Waals surface area contributed by atoms with Crippen LogP contribution in [0.3, 0.4) is 0 Å². The van der Waals surface area contributed by atoms with Crippen molar-refractivity contribution in [3.8, 4) is 0 Å². The zero-order chi connectivity index (χ0) is 24.7. The number of carboxylic acids is 1. The van der Waals surface area contributed by atoms with Crippen LogP contribution in [0.15, 0.2) is 47.5 Å². The molecule has 3 amide bonds. The molecule has 1 aliphatic carbocycles. The van der Waals surface area contributed by atoms with Crippen LogP contribution >= 0.6 is 0 Å². The van der Waals surface area contributed by atoms with Crippen molar-refractivity contribution in [2.75, 3.05) is 6.54 Å². The molecule has 1 aliphatic rings. The van der Waals surface area contributed by atoms with E-state index in [9.17, 15) is 27.6 Å². The predicted octanol–water partition coefficient (Wildman–Crippen LogP) is 1.08. The quantitative estimate of drug-likeness (QED) is 0.427. The van der Waals surface area contributed by atoms with Crippen molar-refractivity contribution in [2.45, 2.75) is 43.0 Å². The number of rotatable bonds is 8. The average Bonchev–Trinajstić information content (AvgIpc) is 2.83. The summed E-state index contributed by atoms with van der Waals surface area (Å²) in [7, 11) is -4.23. The molecule has 0 atom stereocenters. The van der Waals surface area contributed by atoms with Crippen LogP contribution < -0.4 is 15.4 Å². The summed E-state index contributed by atoms with van der Waals surface area (Å²) < 4.78 is 27.0. The van der Waals surface area contributed by atoms with Gasteiger partial charge in [-0.25, -0.2) is 13.1 Å². The van der Waals surface area contributed by atoms with E-state index in [1.807, 2.05) is 4.72 Å². The van der Waals surface area contributed by atoms with Gasteiger partial charge in [0, 0.05) is 17.8 Å². The SMILES string of the molecule is O=C(O)CNC(=O)c1ccc(C(=O)NS(=O)(=O)c2ccc(C(=O)NC3CCCCC3)cc2)cn1. The smallest absolute Gasteiger partial charge is 0.322 e. The van der Waals surface area contributed by atoms with E-state index in [0.29, 0.717) is 5.56 Å². The number of amides is 3. The Hall–Kier alpha value is -3.80. The second kappa shape index (κ2) is 10.9. The number of benzene rings is 1. The van der Waals surface area contributed by atoms with Crippen molar-refractivity contribution in [2.24, 2.45) is 0 Å². The second-order valence-electron chi connectivity index (χ2n) is 7.78. The van der Waals surface area contributed by atoms with Gasteiger partial charge in [0.1, 0.15) is 12.2 Å². The Bertz CT molecular complexity index is 1170. The number of carbonyl (C=O) groups is 4. The first-order valence-corrected chi connectivity index (χ1v) is 12.1. The Morgan fingerprint density at radius 3 is 2.12 bits per heavy atom. The lowest BCUT2D eigenvalue weighted by atomic mass is 9.95. The molecule has 11 nitrogen and oxygen atoms in total. The van der Waals surface area contributed by atoms with Gasteiger partial charge in [-0.05, 0) is 49.2 Å². The van der Waals surface area contributed by atoms with Gasteiger partial charge in [-0.1, -0.05) is 19.3 Å². The van der Waals surface area contributed by atoms with Gasteiger partial charge in [0.05, 0.1) is 10.5 Å². The monoisotopic (exact) mass is 488 g/mol. The molecule has 4 N–H and O–H groups in total. The van der Waals surface area contributed by atoms with Gasteiger partial charge in [-0.2, -0.15) is 0 Å². The molecule has 0 unspecified atom stereocenters. The lowest BCUT2D eigenvalue weighted by Crippen LogP contribution is -2.36. The van der Waals surface area contributed by atoms with Gasteiger partial charge in [0.2, 0.25) is 0 Å². The van der Waals surface area contributed by atoms with Crippen LogP contribution in [0, 0.1) is 0 Å². The van der Waals surface area contributed by atoms with Crippen LogP contribution in [0.5, 0.6) is 0 Å². The molecule has 0 spiro atoms. The van der Waals surface area contributed by atoms with E-state index in [4.69, 9.17) is 5.11 Å². The minimum Gasteiger partial charge on any atom is -0.480 e. The molecule has 0 radical (unpaired) electrons. The van der Waals surface area contributed by atoms with Gasteiger partial charge < -0.3 is 15.7 Å². The molecule has 3 rings (SSSR count). The summed E-state index contributed by atoms with van der Waals surface area (Å²) in [5.41, 5.74) is 0.0569. The Labute approximate surface area is 196 Å². The van der Waals surface area contributed by atoms with Crippen LogP contribution in [0.25, 0.3) is 0 Å². The number of nitrogens with zero attached hydrogens (tertiary/aromatic N) is 1. The van der Waals surface area contributed by atoms with Gasteiger partial charge in [0.15, 0.2) is 0 Å². The highest BCUT2D eigenvalue weighted by Crippen LogP contribution is 2.18. The topological polar surface area (TPSA) is 172 Å². The molecule has 12 heteroatoms. The van der Waals surface area contributed by atoms with Crippen molar-refractivity contribution in [1.82, 2.24) is 20.3 Å². The van der Waals surface area contributed by atoms with Crippen molar-refractivity contribution >= 4 is 33.7 Å². The minimum absolute atomic E-state index is 0.118. The number of carboxylic acid groups (broad SMARTS) is 1. The fraction of sp³-hybridized carbons (Fsp3) is 0.318. The predicted molar refractivity (Wildman–Crippen MR) is 120 cm³/mol. The highest BCUT2D eigenvalue weighted by Gasteiger charge is 2.21. The number of nitrogens with one attached hydrogen (secondary N) is 3. The first-order chi connectivity index (χ1) is 16.2. The number of aromatic nitrogens is 1. The summed E-state index contributed by atoms with van der Waals surface area (Å²) >= 11 is 0. The maximum Gasteiger partial charge on any atom is 0.322 e. The van der Waals surface area contributed by atoms with Crippen molar-refractivity contribution in [3.63, 3.8) is 0 Å². The Morgan fingerprint density at radius 2 is 1.53 bits per heavy atom. The van der Waals surface area contributed by atoms with Crippen LogP contribution in [-0.2, 0) is 14.8 Å². The van der Waals surface area contributed by atoms with Crippen molar-refractivity contribution in [3.05, 3.63) is 59.4 Å². The van der Waals surface area contributed by atoms with E-state index in [2.05, 4.69) is 15.6 Å². The molecular formula is C22H24N4O7S. The third kappa shape index (κ3) is 6.61. The Balaban J connectivity index is 1.61. The largest absolute Gasteiger partial charge is 0.480 e. The lowest BCUT2D eigenvalue weighted by Gasteiger charge is -2.22. The molecule has 1 heterocycles. The van der Waals surface area contributed by atoms with E-state index < -0.39 is 34.4 Å². The van der Waals surface area contributed by atoms with E-state index in [0.717, 1.165) is 38.3 Å². The maximum absolute atomic E-state index is 12.6. The van der Waals surface area contributed by atoms with Crippen molar-refractivity contribution < 1.29 is 32.7 Å². The number of hydrogen-bond acceptors (Lipinski definition) is 7. The number of sulfonamides is 1. The number of hydrogen-bond donors (Lipinski definition) is 4. The minimum atomic E-state index is -4.23. The fourth-order valence-corrected chi connectivity index (χ4v) is 4.42. The van der Waals surface area contributed by atoms with Crippen molar-refractivity contribution in [1.29, 1.82) is 0 Å². The normalized spacial score (nSPS) is 14.1. The highest BCUT2D eigenvalue weighted by atomic mass is 32.2. The Kier molecular flexibility index (Phi) is 7.95. The summed E-state index contributed by atoms with van der Waals surface area (Å²) in [6, 6.07) is 7.70. The van der Waals surface area contributed by atoms with Gasteiger partial charge in [0.25, 0.3) is 27.7 Å². The molecule has 1 aromatic heterocycles. The van der Waals surface area contributed by atoms with Crippen LogP contribution in [0.1, 0.15) is 63.3 Å². The molecule has 34 heavy (non-hydrogen) atoms. The van der Waals surface area contributed by atoms with Crippen LogP contribution in [0.2, 0.25) is 0 Å². The summed E-state index contributed by atoms with van der Waals surface area (Å²) in [6.45, 7) is -0.595. The third-order valence-electron chi connectivity index (χ3n) is 5.25. The molecule has 1 fully saturated rings. The zero-order valence-electron chi connectivity index (χ0n) is 18.1. The van der Waals surface area contributed by atoms with E-state index >= 15 is 0 Å². The molecule has 0 aliphatic heterocycles. The van der Waals surface area contributed by atoms with E-state index in [1.54, 1.807) is 0 Å². The molecular weight excluding hydrogens is 464 g/mol. The fourth-order valence-electron chi connectivity index (χ4n) is 3.45. The van der Waals surface area contributed by atoms with Gasteiger partial charge >= 0.3 is 5.97 Å². The van der Waals surface area contributed by atoms with Crippen LogP contribution in [0.4, 0.5) is 0 Å². The molecule has 1 saturated carbocycles. The number of aliphatic carboxylic acids is 1. The van der Waals surface area contributed by atoms with Crippen LogP contribution in [-0.4, -0.2) is 54.8 Å². The second-order valence-corrected chi connectivity index (χ2v) is 9.46. The summed E-state index contributed by atoms with van der Waals surface area (Å²) in [6.07, 6.45) is 6.14. The van der Waals surface area contributed by atoms with Gasteiger partial charge in [-0.3, -0.25) is 24.2 Å². The standard InChI is InChI=1S/C22H24N4O7S/c27-19(28)13-24-22(31)18-11-8-15(12-23-18)21(30)26-34(32,33)17-9-6-14(7-10-17)20(29)25-16-4-2-1-3-5-16/h6-12,16H,1-5,13H2,(H,24,31)(H,25,29)(H,26,30)(H,27,28). The first-order valence-electron chi connectivity index (χ1n) is 10.6. The Morgan fingerprint density at radius 1 is 0.882 bits per heavy atom. The maximum atomic E-state index is 12.6. The molecule has 1 aromatic carbocycles. The summed E-state index contributed by atoms with van der Waals surface area (Å²) in [4.78, 5) is 50.6.